The van der Waals surface area contributed by atoms with E-state index in [0.29, 0.717) is 12.2 Å². The summed E-state index contributed by atoms with van der Waals surface area (Å²) in [4.78, 5) is 6.43. The average molecular weight is 387 g/mol. The Morgan fingerprint density at radius 2 is 1.89 bits per heavy atom. The van der Waals surface area contributed by atoms with Crippen molar-refractivity contribution in [1.82, 2.24) is 24.9 Å². The van der Waals surface area contributed by atoms with E-state index in [9.17, 15) is 4.39 Å². The number of halogens is 2. The molecule has 0 saturated carbocycles. The van der Waals surface area contributed by atoms with Gasteiger partial charge in [-0.25, -0.2) is 9.07 Å². The van der Waals surface area contributed by atoms with E-state index in [2.05, 4.69) is 20.2 Å². The van der Waals surface area contributed by atoms with Gasteiger partial charge in [0.2, 0.25) is 0 Å². The van der Waals surface area contributed by atoms with Crippen molar-refractivity contribution in [1.29, 1.82) is 0 Å². The van der Waals surface area contributed by atoms with Gasteiger partial charge in [-0.2, -0.15) is 0 Å². The van der Waals surface area contributed by atoms with Crippen LogP contribution in [0, 0.1) is 5.82 Å². The zero-order valence-corrected chi connectivity index (χ0v) is 15.5. The maximum absolute atomic E-state index is 13.6. The minimum Gasteiger partial charge on any atom is -0.328 e. The van der Waals surface area contributed by atoms with E-state index < -0.39 is 5.82 Å². The topological polar surface area (TPSA) is 72.9 Å². The Labute approximate surface area is 161 Å². The van der Waals surface area contributed by atoms with Gasteiger partial charge in [0.15, 0.2) is 0 Å². The van der Waals surface area contributed by atoms with Gasteiger partial charge in [0.25, 0.3) is 0 Å². The van der Waals surface area contributed by atoms with Crippen LogP contribution in [-0.4, -0.2) is 44.0 Å². The van der Waals surface area contributed by atoms with Gasteiger partial charge in [0.1, 0.15) is 11.5 Å². The average Bonchev–Trinajstić information content (AvgIpc) is 3.10. The molecule has 1 saturated heterocycles. The van der Waals surface area contributed by atoms with E-state index in [1.54, 1.807) is 29.2 Å². The molecule has 1 aromatic carbocycles. The zero-order valence-electron chi connectivity index (χ0n) is 14.7. The van der Waals surface area contributed by atoms with E-state index in [-0.39, 0.29) is 11.1 Å². The molecule has 0 atom stereocenters. The van der Waals surface area contributed by atoms with E-state index in [1.807, 2.05) is 12.1 Å². The van der Waals surface area contributed by atoms with Crippen LogP contribution in [0.15, 0.2) is 42.7 Å². The summed E-state index contributed by atoms with van der Waals surface area (Å²) in [6, 6.07) is 8.63. The van der Waals surface area contributed by atoms with Crippen LogP contribution in [0.1, 0.15) is 18.5 Å². The number of piperidine rings is 1. The molecular formula is C19H20ClFN6. The normalized spacial score (nSPS) is 16.0. The van der Waals surface area contributed by atoms with E-state index in [0.717, 1.165) is 42.9 Å². The Bertz CT molecular complexity index is 921. The first kappa shape index (κ1) is 18.0. The van der Waals surface area contributed by atoms with Gasteiger partial charge in [-0.1, -0.05) is 16.8 Å². The Morgan fingerprint density at radius 3 is 2.59 bits per heavy atom. The van der Waals surface area contributed by atoms with Gasteiger partial charge >= 0.3 is 0 Å². The number of pyridine rings is 1. The minimum absolute atomic E-state index is 0.0512. The van der Waals surface area contributed by atoms with Crippen LogP contribution in [0.3, 0.4) is 0 Å². The van der Waals surface area contributed by atoms with Crippen LogP contribution in [0.4, 0.5) is 4.39 Å². The van der Waals surface area contributed by atoms with Gasteiger partial charge in [-0.05, 0) is 43.2 Å². The van der Waals surface area contributed by atoms with Gasteiger partial charge in [0, 0.05) is 43.6 Å². The number of hydrogen-bond acceptors (Lipinski definition) is 5. The molecule has 27 heavy (non-hydrogen) atoms. The maximum Gasteiger partial charge on any atom is 0.141 e. The van der Waals surface area contributed by atoms with Crippen molar-refractivity contribution in [3.8, 4) is 16.9 Å². The van der Waals surface area contributed by atoms with Crippen LogP contribution >= 0.6 is 11.6 Å². The highest BCUT2D eigenvalue weighted by molar-refractivity contribution is 6.30. The smallest absolute Gasteiger partial charge is 0.141 e. The molecule has 8 heteroatoms. The van der Waals surface area contributed by atoms with Gasteiger partial charge in [0.05, 0.1) is 16.4 Å². The van der Waals surface area contributed by atoms with Crippen molar-refractivity contribution in [2.75, 3.05) is 13.1 Å². The van der Waals surface area contributed by atoms with Crippen molar-refractivity contribution in [2.45, 2.75) is 25.4 Å². The molecule has 0 bridgehead atoms. The molecule has 2 aromatic heterocycles. The third-order valence-electron chi connectivity index (χ3n) is 4.85. The Hall–Kier alpha value is -2.35. The molecule has 0 spiro atoms. The first-order valence-corrected chi connectivity index (χ1v) is 9.28. The Morgan fingerprint density at radius 1 is 1.15 bits per heavy atom. The maximum atomic E-state index is 13.6. The van der Waals surface area contributed by atoms with Crippen molar-refractivity contribution < 1.29 is 4.39 Å². The van der Waals surface area contributed by atoms with Crippen LogP contribution in [-0.2, 0) is 6.54 Å². The Balaban J connectivity index is 1.73. The summed E-state index contributed by atoms with van der Waals surface area (Å²) in [7, 11) is 0. The molecule has 0 radical (unpaired) electrons. The molecule has 3 aromatic rings. The van der Waals surface area contributed by atoms with Gasteiger partial charge < -0.3 is 5.73 Å². The van der Waals surface area contributed by atoms with Crippen molar-refractivity contribution in [3.05, 3.63) is 59.3 Å². The number of hydrogen-bond donors (Lipinski definition) is 1. The molecular weight excluding hydrogens is 367 g/mol. The fraction of sp³-hybridized carbons (Fsp3) is 0.316. The summed E-state index contributed by atoms with van der Waals surface area (Å²) in [5, 5.41) is 8.80. The molecule has 2 N–H and O–H groups in total. The Kier molecular flexibility index (Phi) is 5.15. The van der Waals surface area contributed by atoms with Crippen LogP contribution in [0.2, 0.25) is 5.02 Å². The summed E-state index contributed by atoms with van der Waals surface area (Å²) in [5.41, 5.74) is 9.33. The number of nitrogens with zero attached hydrogens (tertiary/aromatic N) is 5. The first-order valence-electron chi connectivity index (χ1n) is 8.90. The SMILES string of the molecule is NC1CCN(Cc2nnn(-c3ccc(F)c(Cl)c3)c2-c2ccncc2)CC1. The summed E-state index contributed by atoms with van der Waals surface area (Å²) >= 11 is 5.97. The number of nitrogens with two attached hydrogens (primary N) is 1. The molecule has 4 rings (SSSR count). The first-order chi connectivity index (χ1) is 13.1. The van der Waals surface area contributed by atoms with E-state index >= 15 is 0 Å². The van der Waals surface area contributed by atoms with Crippen molar-refractivity contribution >= 4 is 11.6 Å². The lowest BCUT2D eigenvalue weighted by Gasteiger charge is -2.29. The van der Waals surface area contributed by atoms with Gasteiger partial charge in [-0.3, -0.25) is 9.88 Å². The summed E-state index contributed by atoms with van der Waals surface area (Å²) < 4.78 is 15.3. The lowest BCUT2D eigenvalue weighted by molar-refractivity contribution is 0.204. The van der Waals surface area contributed by atoms with Crippen LogP contribution in [0.25, 0.3) is 16.9 Å². The highest BCUT2D eigenvalue weighted by atomic mass is 35.5. The second-order valence-electron chi connectivity index (χ2n) is 6.74. The quantitative estimate of drug-likeness (QED) is 0.746. The number of aromatic nitrogens is 4. The standard InChI is InChI=1S/C19H20ClFN6/c20-16-11-15(1-2-17(16)21)27-19(13-3-7-23-8-4-13)18(24-25-27)12-26-9-5-14(22)6-10-26/h1-4,7-8,11,14H,5-6,9-10,12,22H2. The lowest BCUT2D eigenvalue weighted by atomic mass is 10.1. The molecule has 1 fully saturated rings. The summed E-state index contributed by atoms with van der Waals surface area (Å²) in [6.45, 7) is 2.55. The summed E-state index contributed by atoms with van der Waals surface area (Å²) in [6.07, 6.45) is 5.42. The molecule has 0 aliphatic carbocycles. The highest BCUT2D eigenvalue weighted by Gasteiger charge is 2.22. The second kappa shape index (κ2) is 7.72. The third kappa shape index (κ3) is 3.85. The third-order valence-corrected chi connectivity index (χ3v) is 5.14. The van der Waals surface area contributed by atoms with Crippen LogP contribution < -0.4 is 5.73 Å². The molecule has 0 amide bonds. The lowest BCUT2D eigenvalue weighted by Crippen LogP contribution is -2.39. The molecule has 0 unspecified atom stereocenters. The largest absolute Gasteiger partial charge is 0.328 e. The molecule has 6 nitrogen and oxygen atoms in total. The molecule has 140 valence electrons. The monoisotopic (exact) mass is 386 g/mol. The predicted molar refractivity (Wildman–Crippen MR) is 102 cm³/mol. The van der Waals surface area contributed by atoms with Gasteiger partial charge in [-0.15, -0.1) is 5.10 Å². The molecule has 1 aliphatic heterocycles. The van der Waals surface area contributed by atoms with E-state index in [1.165, 1.54) is 6.07 Å². The number of benzene rings is 1. The highest BCUT2D eigenvalue weighted by Crippen LogP contribution is 2.28. The fourth-order valence-electron chi connectivity index (χ4n) is 3.34. The van der Waals surface area contributed by atoms with Crippen molar-refractivity contribution in [3.63, 3.8) is 0 Å². The van der Waals surface area contributed by atoms with Crippen LogP contribution in [0.5, 0.6) is 0 Å². The predicted octanol–water partition coefficient (Wildman–Crippen LogP) is 3.04. The zero-order chi connectivity index (χ0) is 18.8. The van der Waals surface area contributed by atoms with Crippen molar-refractivity contribution in [2.24, 2.45) is 5.73 Å². The fourth-order valence-corrected chi connectivity index (χ4v) is 3.51. The van der Waals surface area contributed by atoms with E-state index in [4.69, 9.17) is 17.3 Å². The molecule has 3 heterocycles. The molecule has 1 aliphatic rings. The minimum atomic E-state index is -0.462. The summed E-state index contributed by atoms with van der Waals surface area (Å²) in [5.74, 6) is -0.462. The second-order valence-corrected chi connectivity index (χ2v) is 7.15. The number of rotatable bonds is 4. The number of likely N-dealkylation sites (tertiary alicyclic amines) is 1.